The summed E-state index contributed by atoms with van der Waals surface area (Å²) in [6.07, 6.45) is 1.13. The van der Waals surface area contributed by atoms with Gasteiger partial charge in [0.25, 0.3) is 0 Å². The van der Waals surface area contributed by atoms with Gasteiger partial charge in [0.2, 0.25) is 0 Å². The molecule has 1 atom stereocenters. The van der Waals surface area contributed by atoms with Gasteiger partial charge in [0.15, 0.2) is 0 Å². The molecule has 0 spiro atoms. The van der Waals surface area contributed by atoms with E-state index < -0.39 is 5.97 Å². The lowest BCUT2D eigenvalue weighted by Crippen LogP contribution is -2.32. The molecule has 0 saturated carbocycles. The lowest BCUT2D eigenvalue weighted by Gasteiger charge is -2.29. The molecule has 0 radical (unpaired) electrons. The average Bonchev–Trinajstić information content (AvgIpc) is 2.41. The second kappa shape index (κ2) is 6.15. The summed E-state index contributed by atoms with van der Waals surface area (Å²) < 4.78 is 15.9. The van der Waals surface area contributed by atoms with Gasteiger partial charge >= 0.3 is 5.97 Å². The fraction of sp³-hybridized carbons (Fsp3) is 0.571. The van der Waals surface area contributed by atoms with Gasteiger partial charge in [-0.1, -0.05) is 38.1 Å². The van der Waals surface area contributed by atoms with Gasteiger partial charge in [0, 0.05) is 26.9 Å². The molecule has 96 valence electrons. The van der Waals surface area contributed by atoms with Crippen LogP contribution in [0.5, 0.6) is 0 Å². The van der Waals surface area contributed by atoms with Crippen molar-refractivity contribution in [1.82, 2.24) is 0 Å². The van der Waals surface area contributed by atoms with Gasteiger partial charge in [0.1, 0.15) is 0 Å². The predicted octanol–water partition coefficient (Wildman–Crippen LogP) is 3.25. The second-order valence-corrected chi connectivity index (χ2v) is 4.10. The molecule has 0 bridgehead atoms. The van der Waals surface area contributed by atoms with Crippen LogP contribution in [0.25, 0.3) is 0 Å². The van der Waals surface area contributed by atoms with Crippen molar-refractivity contribution in [2.24, 2.45) is 0 Å². The zero-order valence-electron chi connectivity index (χ0n) is 11.3. The van der Waals surface area contributed by atoms with Crippen molar-refractivity contribution in [1.29, 1.82) is 0 Å². The number of hydrogen-bond acceptors (Lipinski definition) is 3. The van der Waals surface area contributed by atoms with Crippen LogP contribution in [0.4, 0.5) is 0 Å². The molecule has 17 heavy (non-hydrogen) atoms. The number of hydrogen-bond donors (Lipinski definition) is 0. The Morgan fingerprint density at radius 1 is 1.00 bits per heavy atom. The molecule has 1 rings (SSSR count). The molecule has 0 saturated heterocycles. The van der Waals surface area contributed by atoms with E-state index in [1.165, 1.54) is 5.56 Å². The van der Waals surface area contributed by atoms with E-state index in [1.54, 1.807) is 21.3 Å². The minimum atomic E-state index is -1.10. The van der Waals surface area contributed by atoms with Gasteiger partial charge in [0.05, 0.1) is 0 Å². The highest BCUT2D eigenvalue weighted by molar-refractivity contribution is 5.27. The summed E-state index contributed by atoms with van der Waals surface area (Å²) in [4.78, 5) is 0. The van der Waals surface area contributed by atoms with Gasteiger partial charge in [-0.15, -0.1) is 0 Å². The Labute approximate surface area is 104 Å². The molecule has 0 aliphatic rings. The number of rotatable bonds is 6. The molecule has 1 aromatic rings. The Kier molecular flexibility index (Phi) is 5.12. The number of methoxy groups -OCH3 is 3. The molecule has 0 aliphatic carbocycles. The lowest BCUT2D eigenvalue weighted by atomic mass is 9.97. The van der Waals surface area contributed by atoms with Crippen LogP contribution < -0.4 is 0 Å². The van der Waals surface area contributed by atoms with Crippen molar-refractivity contribution in [3.63, 3.8) is 0 Å². The van der Waals surface area contributed by atoms with Crippen LogP contribution in [0, 0.1) is 0 Å². The van der Waals surface area contributed by atoms with Crippen LogP contribution in [0.1, 0.15) is 37.3 Å². The summed E-state index contributed by atoms with van der Waals surface area (Å²) >= 11 is 0. The van der Waals surface area contributed by atoms with Gasteiger partial charge in [-0.05, 0) is 17.9 Å². The topological polar surface area (TPSA) is 27.7 Å². The largest absolute Gasteiger partial charge is 0.327 e. The van der Waals surface area contributed by atoms with Gasteiger partial charge < -0.3 is 14.2 Å². The maximum absolute atomic E-state index is 5.30. The zero-order valence-corrected chi connectivity index (χ0v) is 11.3. The highest BCUT2D eigenvalue weighted by Gasteiger charge is 2.32. The van der Waals surface area contributed by atoms with Gasteiger partial charge in [-0.3, -0.25) is 0 Å². The first-order valence-corrected chi connectivity index (χ1v) is 5.89. The third-order valence-corrected chi connectivity index (χ3v) is 3.25. The Morgan fingerprint density at radius 3 is 1.82 bits per heavy atom. The van der Waals surface area contributed by atoms with Crippen molar-refractivity contribution in [2.75, 3.05) is 21.3 Å². The van der Waals surface area contributed by atoms with Crippen LogP contribution in [0.2, 0.25) is 0 Å². The van der Waals surface area contributed by atoms with E-state index in [-0.39, 0.29) is 0 Å². The van der Waals surface area contributed by atoms with E-state index in [2.05, 4.69) is 26.0 Å². The molecule has 0 aliphatic heterocycles. The molecule has 0 aromatic heterocycles. The standard InChI is InChI=1S/C14H22O3/c1-6-11(2)12-7-9-13(10-8-12)14(15-3,16-4)17-5/h7-11H,6H2,1-5H3. The van der Waals surface area contributed by atoms with Crippen molar-refractivity contribution < 1.29 is 14.2 Å². The van der Waals surface area contributed by atoms with Crippen LogP contribution >= 0.6 is 0 Å². The first-order chi connectivity index (χ1) is 8.13. The third kappa shape index (κ3) is 2.86. The van der Waals surface area contributed by atoms with Crippen molar-refractivity contribution in [2.45, 2.75) is 32.2 Å². The van der Waals surface area contributed by atoms with Crippen molar-refractivity contribution in [3.8, 4) is 0 Å². The first-order valence-electron chi connectivity index (χ1n) is 5.89. The van der Waals surface area contributed by atoms with E-state index in [0.717, 1.165) is 12.0 Å². The summed E-state index contributed by atoms with van der Waals surface area (Å²) in [7, 11) is 4.70. The van der Waals surface area contributed by atoms with Crippen molar-refractivity contribution in [3.05, 3.63) is 35.4 Å². The normalized spacial score (nSPS) is 13.7. The molecule has 3 heteroatoms. The minimum absolute atomic E-state index is 0.561. The summed E-state index contributed by atoms with van der Waals surface area (Å²) in [5.74, 6) is -0.542. The quantitative estimate of drug-likeness (QED) is 0.712. The molecular weight excluding hydrogens is 216 g/mol. The third-order valence-electron chi connectivity index (χ3n) is 3.25. The van der Waals surface area contributed by atoms with Crippen LogP contribution in [-0.4, -0.2) is 21.3 Å². The van der Waals surface area contributed by atoms with E-state index in [0.29, 0.717) is 5.92 Å². The number of benzene rings is 1. The molecule has 3 nitrogen and oxygen atoms in total. The van der Waals surface area contributed by atoms with Crippen LogP contribution in [-0.2, 0) is 20.2 Å². The second-order valence-electron chi connectivity index (χ2n) is 4.10. The summed E-state index contributed by atoms with van der Waals surface area (Å²) in [5.41, 5.74) is 2.17. The molecule has 0 amide bonds. The molecule has 0 heterocycles. The Balaban J connectivity index is 3.00. The van der Waals surface area contributed by atoms with Crippen molar-refractivity contribution >= 4 is 0 Å². The summed E-state index contributed by atoms with van der Waals surface area (Å²) in [6.45, 7) is 4.40. The first kappa shape index (κ1) is 14.2. The van der Waals surface area contributed by atoms with E-state index in [1.807, 2.05) is 12.1 Å². The van der Waals surface area contributed by atoms with Crippen LogP contribution in [0.3, 0.4) is 0 Å². The zero-order chi connectivity index (χ0) is 12.9. The smallest absolute Gasteiger partial charge is 0.311 e. The predicted molar refractivity (Wildman–Crippen MR) is 67.9 cm³/mol. The lowest BCUT2D eigenvalue weighted by molar-refractivity contribution is -0.364. The van der Waals surface area contributed by atoms with Gasteiger partial charge in [-0.25, -0.2) is 0 Å². The van der Waals surface area contributed by atoms with Crippen LogP contribution in [0.15, 0.2) is 24.3 Å². The molecule has 0 N–H and O–H groups in total. The minimum Gasteiger partial charge on any atom is -0.327 e. The number of ether oxygens (including phenoxy) is 3. The SMILES string of the molecule is CCC(C)c1ccc(C(OC)(OC)OC)cc1. The highest BCUT2D eigenvalue weighted by atomic mass is 16.9. The Bertz CT molecular complexity index is 320. The molecular formula is C14H22O3. The monoisotopic (exact) mass is 238 g/mol. The average molecular weight is 238 g/mol. The van der Waals surface area contributed by atoms with Gasteiger partial charge in [-0.2, -0.15) is 0 Å². The fourth-order valence-corrected chi connectivity index (χ4v) is 1.86. The van der Waals surface area contributed by atoms with E-state index >= 15 is 0 Å². The molecule has 1 aromatic carbocycles. The molecule has 1 unspecified atom stereocenters. The maximum atomic E-state index is 5.30. The fourth-order valence-electron chi connectivity index (χ4n) is 1.86. The summed E-state index contributed by atoms with van der Waals surface area (Å²) in [6, 6.07) is 8.15. The molecule has 0 fully saturated rings. The maximum Gasteiger partial charge on any atom is 0.311 e. The highest BCUT2D eigenvalue weighted by Crippen LogP contribution is 2.28. The summed E-state index contributed by atoms with van der Waals surface area (Å²) in [5, 5.41) is 0. The Morgan fingerprint density at radius 2 is 1.47 bits per heavy atom. The Hall–Kier alpha value is -0.900. The van der Waals surface area contributed by atoms with E-state index in [4.69, 9.17) is 14.2 Å². The van der Waals surface area contributed by atoms with E-state index in [9.17, 15) is 0 Å².